The van der Waals surface area contributed by atoms with E-state index >= 15 is 0 Å². The molecule has 11 heavy (non-hydrogen) atoms. The Labute approximate surface area is 60.4 Å². The first-order chi connectivity index (χ1) is 5.07. The van der Waals surface area contributed by atoms with Crippen LogP contribution in [0.4, 0.5) is 18.0 Å². The van der Waals surface area contributed by atoms with Gasteiger partial charge < -0.3 is 9.47 Å². The Morgan fingerprint density at radius 1 is 1.36 bits per heavy atom. The Hall–Kier alpha value is -1.20. The van der Waals surface area contributed by atoms with Crippen molar-refractivity contribution in [3.05, 3.63) is 11.9 Å². The number of hydrogen-bond acceptors (Lipinski definition) is 3. The van der Waals surface area contributed by atoms with Crippen molar-refractivity contribution in [3.63, 3.8) is 0 Å². The summed E-state index contributed by atoms with van der Waals surface area (Å²) in [6.45, 7) is -1.10. The molecule has 0 aliphatic rings. The molecule has 0 aliphatic heterocycles. The molecule has 0 N–H and O–H groups in total. The van der Waals surface area contributed by atoms with Crippen LogP contribution in [0.1, 0.15) is 0 Å². The standard InChI is InChI=1S/C5H5F3O3/c1-10-5(9)11-2-3(6)4(7)8/h2H2,1H3. The molecule has 0 spiro atoms. The predicted molar refractivity (Wildman–Crippen MR) is 28.7 cm³/mol. The minimum atomic E-state index is -2.51. The molecule has 0 aromatic rings. The van der Waals surface area contributed by atoms with Crippen LogP contribution in [0.25, 0.3) is 0 Å². The highest BCUT2D eigenvalue weighted by Gasteiger charge is 2.08. The molecule has 0 unspecified atom stereocenters. The van der Waals surface area contributed by atoms with Gasteiger partial charge in [0.25, 0.3) is 0 Å². The first-order valence-electron chi connectivity index (χ1n) is 2.48. The van der Waals surface area contributed by atoms with E-state index in [0.29, 0.717) is 0 Å². The summed E-state index contributed by atoms with van der Waals surface area (Å²) in [6.07, 6.45) is -3.71. The number of halogens is 3. The molecule has 0 fully saturated rings. The SMILES string of the molecule is COC(=O)OCC(F)=C(F)F. The van der Waals surface area contributed by atoms with Gasteiger partial charge in [-0.05, 0) is 0 Å². The van der Waals surface area contributed by atoms with Gasteiger partial charge in [-0.3, -0.25) is 0 Å². The monoisotopic (exact) mass is 170 g/mol. The molecule has 0 rings (SSSR count). The van der Waals surface area contributed by atoms with Crippen LogP contribution in [0.5, 0.6) is 0 Å². The minimum Gasteiger partial charge on any atom is -0.438 e. The van der Waals surface area contributed by atoms with Crippen molar-refractivity contribution in [3.8, 4) is 0 Å². The smallest absolute Gasteiger partial charge is 0.438 e. The number of methoxy groups -OCH3 is 1. The van der Waals surface area contributed by atoms with Crippen molar-refractivity contribution in [2.75, 3.05) is 13.7 Å². The van der Waals surface area contributed by atoms with Gasteiger partial charge in [-0.25, -0.2) is 9.18 Å². The molecule has 0 radical (unpaired) electrons. The third-order valence-electron chi connectivity index (χ3n) is 0.688. The Balaban J connectivity index is 3.72. The number of carbonyl (C=O) groups is 1. The number of carbonyl (C=O) groups excluding carboxylic acids is 1. The van der Waals surface area contributed by atoms with Gasteiger partial charge >= 0.3 is 12.2 Å². The Morgan fingerprint density at radius 3 is 2.27 bits per heavy atom. The van der Waals surface area contributed by atoms with Crippen molar-refractivity contribution >= 4 is 6.16 Å². The van der Waals surface area contributed by atoms with E-state index in [4.69, 9.17) is 0 Å². The van der Waals surface area contributed by atoms with E-state index < -0.39 is 24.7 Å². The molecule has 0 aliphatic carbocycles. The number of hydrogen-bond donors (Lipinski definition) is 0. The van der Waals surface area contributed by atoms with Gasteiger partial charge in [0.2, 0.25) is 5.83 Å². The van der Waals surface area contributed by atoms with Gasteiger partial charge in [0.05, 0.1) is 7.11 Å². The normalized spacial score (nSPS) is 8.73. The Morgan fingerprint density at radius 2 is 1.91 bits per heavy atom. The van der Waals surface area contributed by atoms with E-state index in [1.165, 1.54) is 0 Å². The molecule has 0 saturated carbocycles. The highest BCUT2D eigenvalue weighted by Crippen LogP contribution is 2.08. The first kappa shape index (κ1) is 9.80. The molecular formula is C5H5F3O3. The van der Waals surface area contributed by atoms with Gasteiger partial charge in [0, 0.05) is 0 Å². The van der Waals surface area contributed by atoms with Crippen LogP contribution < -0.4 is 0 Å². The van der Waals surface area contributed by atoms with Crippen molar-refractivity contribution in [1.82, 2.24) is 0 Å². The van der Waals surface area contributed by atoms with Crippen molar-refractivity contribution in [2.24, 2.45) is 0 Å². The minimum absolute atomic E-state index is 0.982. The average Bonchev–Trinajstić information content (AvgIpc) is 1.99. The lowest BCUT2D eigenvalue weighted by Crippen LogP contribution is -2.05. The van der Waals surface area contributed by atoms with Gasteiger partial charge in [0.15, 0.2) is 6.61 Å². The van der Waals surface area contributed by atoms with E-state index in [0.717, 1.165) is 7.11 Å². The molecule has 0 heterocycles. The summed E-state index contributed by atoms with van der Waals surface area (Å²) in [6, 6.07) is 0. The molecule has 0 atom stereocenters. The Kier molecular flexibility index (Phi) is 4.09. The van der Waals surface area contributed by atoms with Gasteiger partial charge in [0.1, 0.15) is 0 Å². The van der Waals surface area contributed by atoms with E-state index in [1.807, 2.05) is 0 Å². The molecule has 0 bridgehead atoms. The summed E-state index contributed by atoms with van der Waals surface area (Å²) >= 11 is 0. The van der Waals surface area contributed by atoms with Gasteiger partial charge in [-0.2, -0.15) is 8.78 Å². The topological polar surface area (TPSA) is 35.5 Å². The second kappa shape index (κ2) is 4.59. The van der Waals surface area contributed by atoms with Crippen molar-refractivity contribution in [1.29, 1.82) is 0 Å². The van der Waals surface area contributed by atoms with Crippen LogP contribution >= 0.6 is 0 Å². The number of rotatable bonds is 2. The molecule has 64 valence electrons. The van der Waals surface area contributed by atoms with Crippen LogP contribution in [-0.4, -0.2) is 19.9 Å². The maximum absolute atomic E-state index is 11.8. The fourth-order valence-corrected chi connectivity index (χ4v) is 0.236. The van der Waals surface area contributed by atoms with Gasteiger partial charge in [-0.15, -0.1) is 0 Å². The third kappa shape index (κ3) is 4.24. The molecule has 0 amide bonds. The maximum atomic E-state index is 11.8. The van der Waals surface area contributed by atoms with Crippen LogP contribution in [0, 0.1) is 0 Å². The van der Waals surface area contributed by atoms with Crippen LogP contribution in [0.2, 0.25) is 0 Å². The fraction of sp³-hybridized carbons (Fsp3) is 0.400. The average molecular weight is 170 g/mol. The zero-order valence-corrected chi connectivity index (χ0v) is 5.57. The quantitative estimate of drug-likeness (QED) is 0.593. The lowest BCUT2D eigenvalue weighted by atomic mass is 10.6. The summed E-state index contributed by atoms with van der Waals surface area (Å²) in [5.41, 5.74) is 0. The summed E-state index contributed by atoms with van der Waals surface area (Å²) in [5, 5.41) is 0. The van der Waals surface area contributed by atoms with E-state index in [-0.39, 0.29) is 0 Å². The summed E-state index contributed by atoms with van der Waals surface area (Å²) in [7, 11) is 0.982. The third-order valence-corrected chi connectivity index (χ3v) is 0.688. The second-order valence-corrected chi connectivity index (χ2v) is 1.41. The Bertz CT molecular complexity index is 174. The van der Waals surface area contributed by atoms with Crippen molar-refractivity contribution in [2.45, 2.75) is 0 Å². The molecular weight excluding hydrogens is 165 g/mol. The van der Waals surface area contributed by atoms with E-state index in [1.54, 1.807) is 0 Å². The number of ether oxygens (including phenoxy) is 2. The first-order valence-corrected chi connectivity index (χ1v) is 2.48. The highest BCUT2D eigenvalue weighted by molar-refractivity contribution is 5.59. The lowest BCUT2D eigenvalue weighted by molar-refractivity contribution is 0.0743. The zero-order chi connectivity index (χ0) is 8.85. The van der Waals surface area contributed by atoms with Crippen molar-refractivity contribution < 1.29 is 27.4 Å². The maximum Gasteiger partial charge on any atom is 0.508 e. The molecule has 6 heteroatoms. The van der Waals surface area contributed by atoms with Crippen LogP contribution in [0.3, 0.4) is 0 Å². The van der Waals surface area contributed by atoms with Gasteiger partial charge in [-0.1, -0.05) is 0 Å². The largest absolute Gasteiger partial charge is 0.508 e. The molecule has 0 saturated heterocycles. The second-order valence-electron chi connectivity index (χ2n) is 1.41. The summed E-state index contributed by atoms with van der Waals surface area (Å²) in [5.74, 6) is -1.78. The van der Waals surface area contributed by atoms with Crippen LogP contribution in [-0.2, 0) is 9.47 Å². The van der Waals surface area contributed by atoms with E-state index in [9.17, 15) is 18.0 Å². The zero-order valence-electron chi connectivity index (χ0n) is 5.57. The molecule has 0 aromatic carbocycles. The summed E-state index contributed by atoms with van der Waals surface area (Å²) < 4.78 is 42.1. The predicted octanol–water partition coefficient (Wildman–Crippen LogP) is 1.85. The fourth-order valence-electron chi connectivity index (χ4n) is 0.236. The van der Waals surface area contributed by atoms with Crippen LogP contribution in [0.15, 0.2) is 11.9 Å². The highest BCUT2D eigenvalue weighted by atomic mass is 19.3. The lowest BCUT2D eigenvalue weighted by Gasteiger charge is -1.98. The molecule has 0 aromatic heterocycles. The summed E-state index contributed by atoms with van der Waals surface area (Å²) in [4.78, 5) is 10.1. The molecule has 3 nitrogen and oxygen atoms in total. The van der Waals surface area contributed by atoms with E-state index in [2.05, 4.69) is 9.47 Å².